The first-order chi connectivity index (χ1) is 12.7. The van der Waals surface area contributed by atoms with Crippen molar-refractivity contribution in [3.05, 3.63) is 124 Å². The van der Waals surface area contributed by atoms with Gasteiger partial charge in [0.15, 0.2) is 0 Å². The third-order valence-corrected chi connectivity index (χ3v) is 5.19. The van der Waals surface area contributed by atoms with Crippen molar-refractivity contribution in [2.24, 2.45) is 0 Å². The lowest BCUT2D eigenvalue weighted by atomic mass is 9.76. The number of aromatic nitrogens is 2. The maximum Gasteiger partial charge on any atom is 0.123 e. The van der Waals surface area contributed by atoms with E-state index in [1.165, 1.54) is 0 Å². The fraction of sp³-hybridized carbons (Fsp3) is 0.0455. The van der Waals surface area contributed by atoms with Crippen molar-refractivity contribution in [3.8, 4) is 0 Å². The van der Waals surface area contributed by atoms with Gasteiger partial charge in [-0.3, -0.25) is 0 Å². The van der Waals surface area contributed by atoms with Crippen molar-refractivity contribution in [2.45, 2.75) is 5.54 Å². The molecule has 0 amide bonds. The number of hydrogen-bond acceptors (Lipinski definition) is 1. The van der Waals surface area contributed by atoms with E-state index in [-0.39, 0.29) is 0 Å². The average Bonchev–Trinajstić information content (AvgIpc) is 3.21. The highest BCUT2D eigenvalue weighted by molar-refractivity contribution is 6.31. The maximum absolute atomic E-state index is 6.70. The van der Waals surface area contributed by atoms with Crippen LogP contribution in [-0.4, -0.2) is 9.55 Å². The molecule has 0 bridgehead atoms. The zero-order valence-corrected chi connectivity index (χ0v) is 15.4. The zero-order chi connectivity index (χ0) is 18.0. The van der Waals surface area contributed by atoms with Crippen LogP contribution < -0.4 is 0 Å². The van der Waals surface area contributed by atoms with Crippen LogP contribution in [-0.2, 0) is 5.54 Å². The maximum atomic E-state index is 6.70. The number of hydrogen-bond donors (Lipinski definition) is 0. The van der Waals surface area contributed by atoms with Crippen LogP contribution in [0.15, 0.2) is 97.6 Å². The summed E-state index contributed by atoms with van der Waals surface area (Å²) in [7, 11) is 0. The van der Waals surface area contributed by atoms with Gasteiger partial charge in [0.25, 0.3) is 0 Å². The van der Waals surface area contributed by atoms with Gasteiger partial charge in [-0.25, -0.2) is 4.98 Å². The molecular formula is C22H16Cl2N2. The Kier molecular flexibility index (Phi) is 4.54. The van der Waals surface area contributed by atoms with Gasteiger partial charge in [0.2, 0.25) is 0 Å². The standard InChI is InChI=1S/C22H16Cl2N2/c23-19-12-10-18(11-13-19)22(26-15-14-25-16-26,17-6-2-1-3-7-17)20-8-4-5-9-21(20)24/h1-16H. The van der Waals surface area contributed by atoms with E-state index < -0.39 is 5.54 Å². The number of nitrogens with zero attached hydrogens (tertiary/aromatic N) is 2. The van der Waals surface area contributed by atoms with Crippen molar-refractivity contribution < 1.29 is 0 Å². The van der Waals surface area contributed by atoms with Gasteiger partial charge in [-0.1, -0.05) is 83.9 Å². The van der Waals surface area contributed by atoms with Crippen LogP contribution >= 0.6 is 23.2 Å². The van der Waals surface area contributed by atoms with Gasteiger partial charge in [-0.15, -0.1) is 0 Å². The molecule has 128 valence electrons. The fourth-order valence-corrected chi connectivity index (χ4v) is 3.90. The quantitative estimate of drug-likeness (QED) is 0.396. The Labute approximate surface area is 162 Å². The first-order valence-electron chi connectivity index (χ1n) is 8.28. The molecule has 1 heterocycles. The topological polar surface area (TPSA) is 17.8 Å². The van der Waals surface area contributed by atoms with Crippen molar-refractivity contribution in [1.82, 2.24) is 9.55 Å². The third kappa shape index (κ3) is 2.72. The second kappa shape index (κ2) is 6.99. The highest BCUT2D eigenvalue weighted by Crippen LogP contribution is 2.43. The third-order valence-electron chi connectivity index (χ3n) is 4.61. The summed E-state index contributed by atoms with van der Waals surface area (Å²) in [6.07, 6.45) is 5.57. The summed E-state index contributed by atoms with van der Waals surface area (Å²) in [5.41, 5.74) is 2.47. The molecule has 2 nitrogen and oxygen atoms in total. The van der Waals surface area contributed by atoms with E-state index in [0.717, 1.165) is 16.7 Å². The Hall–Kier alpha value is -2.55. The molecule has 3 aromatic carbocycles. The first-order valence-corrected chi connectivity index (χ1v) is 9.03. The summed E-state index contributed by atoms with van der Waals surface area (Å²) in [4.78, 5) is 4.31. The number of rotatable bonds is 4. The smallest absolute Gasteiger partial charge is 0.123 e. The van der Waals surface area contributed by atoms with Gasteiger partial charge >= 0.3 is 0 Å². The van der Waals surface area contributed by atoms with Crippen molar-refractivity contribution in [2.75, 3.05) is 0 Å². The Bertz CT molecular complexity index is 996. The lowest BCUT2D eigenvalue weighted by molar-refractivity contribution is 0.515. The second-order valence-corrected chi connectivity index (χ2v) is 6.88. The largest absolute Gasteiger partial charge is 0.319 e. The van der Waals surface area contributed by atoms with Crippen LogP contribution in [0.5, 0.6) is 0 Å². The normalized spacial score (nSPS) is 13.3. The zero-order valence-electron chi connectivity index (χ0n) is 13.9. The molecule has 4 rings (SSSR count). The van der Waals surface area contributed by atoms with E-state index >= 15 is 0 Å². The highest BCUT2D eigenvalue weighted by atomic mass is 35.5. The molecule has 0 N–H and O–H groups in total. The van der Waals surface area contributed by atoms with E-state index in [4.69, 9.17) is 23.2 Å². The van der Waals surface area contributed by atoms with E-state index in [1.807, 2.05) is 73.2 Å². The molecular weight excluding hydrogens is 363 g/mol. The Balaban J connectivity index is 2.14. The fourth-order valence-electron chi connectivity index (χ4n) is 3.50. The number of imidazole rings is 1. The van der Waals surface area contributed by atoms with Crippen LogP contribution in [0, 0.1) is 0 Å². The van der Waals surface area contributed by atoms with Gasteiger partial charge in [0.05, 0.1) is 6.33 Å². The minimum Gasteiger partial charge on any atom is -0.319 e. The molecule has 4 heteroatoms. The summed E-state index contributed by atoms with van der Waals surface area (Å²) >= 11 is 12.9. The van der Waals surface area contributed by atoms with Gasteiger partial charge in [0.1, 0.15) is 5.54 Å². The summed E-state index contributed by atoms with van der Waals surface area (Å²) < 4.78 is 2.09. The summed E-state index contributed by atoms with van der Waals surface area (Å²) in [6, 6.07) is 26.1. The molecule has 4 aromatic rings. The summed E-state index contributed by atoms with van der Waals surface area (Å²) in [6.45, 7) is 0. The molecule has 0 radical (unpaired) electrons. The molecule has 0 fully saturated rings. The van der Waals surface area contributed by atoms with Crippen LogP contribution in [0.25, 0.3) is 0 Å². The van der Waals surface area contributed by atoms with Crippen LogP contribution in [0.4, 0.5) is 0 Å². The van der Waals surface area contributed by atoms with E-state index in [2.05, 4.69) is 27.8 Å². The van der Waals surface area contributed by atoms with Gasteiger partial charge in [-0.2, -0.15) is 0 Å². The highest BCUT2D eigenvalue weighted by Gasteiger charge is 2.39. The number of benzene rings is 3. The molecule has 26 heavy (non-hydrogen) atoms. The molecule has 1 unspecified atom stereocenters. The molecule has 0 saturated heterocycles. The lowest BCUT2D eigenvalue weighted by Gasteiger charge is -2.37. The van der Waals surface area contributed by atoms with Gasteiger partial charge < -0.3 is 4.57 Å². The minimum absolute atomic E-state index is 0.652. The van der Waals surface area contributed by atoms with E-state index in [9.17, 15) is 0 Å². The monoisotopic (exact) mass is 378 g/mol. The molecule has 1 atom stereocenters. The number of halogens is 2. The molecule has 0 spiro atoms. The first kappa shape index (κ1) is 16.9. The summed E-state index contributed by atoms with van der Waals surface area (Å²) in [5, 5.41) is 1.39. The predicted octanol–water partition coefficient (Wildman–Crippen LogP) is 6.03. The lowest BCUT2D eigenvalue weighted by Crippen LogP contribution is -2.37. The molecule has 0 saturated carbocycles. The minimum atomic E-state index is -0.652. The van der Waals surface area contributed by atoms with Gasteiger partial charge in [0, 0.05) is 28.0 Å². The average molecular weight is 379 g/mol. The van der Waals surface area contributed by atoms with Gasteiger partial charge in [-0.05, 0) is 29.3 Å². The van der Waals surface area contributed by atoms with Crippen molar-refractivity contribution >= 4 is 23.2 Å². The van der Waals surface area contributed by atoms with E-state index in [1.54, 1.807) is 6.20 Å². The van der Waals surface area contributed by atoms with Crippen LogP contribution in [0.2, 0.25) is 10.0 Å². The van der Waals surface area contributed by atoms with Crippen LogP contribution in [0.3, 0.4) is 0 Å². The Morgan fingerprint density at radius 3 is 2.04 bits per heavy atom. The molecule has 1 aromatic heterocycles. The molecule has 0 aliphatic carbocycles. The second-order valence-electron chi connectivity index (χ2n) is 6.03. The van der Waals surface area contributed by atoms with Crippen LogP contribution in [0.1, 0.15) is 16.7 Å². The van der Waals surface area contributed by atoms with Crippen molar-refractivity contribution in [3.63, 3.8) is 0 Å². The summed E-state index contributed by atoms with van der Waals surface area (Å²) in [5.74, 6) is 0. The Morgan fingerprint density at radius 1 is 0.731 bits per heavy atom. The molecule has 0 aliphatic heterocycles. The Morgan fingerprint density at radius 2 is 1.38 bits per heavy atom. The predicted molar refractivity (Wildman–Crippen MR) is 107 cm³/mol. The molecule has 0 aliphatic rings. The SMILES string of the molecule is Clc1ccc(C(c2ccccc2)(c2ccccc2Cl)n2ccnc2)cc1. The van der Waals surface area contributed by atoms with Crippen molar-refractivity contribution in [1.29, 1.82) is 0 Å². The van der Waals surface area contributed by atoms with E-state index in [0.29, 0.717) is 10.0 Å².